The minimum atomic E-state index is -1.25. The van der Waals surface area contributed by atoms with E-state index in [1.807, 2.05) is 12.1 Å². The first kappa shape index (κ1) is 28.8. The highest BCUT2D eigenvalue weighted by atomic mass is 32.2. The van der Waals surface area contributed by atoms with Crippen LogP contribution in [0.1, 0.15) is 26.9 Å². The molecule has 15 nitrogen and oxygen atoms in total. The highest BCUT2D eigenvalue weighted by Crippen LogP contribution is 2.40. The maximum Gasteiger partial charge on any atom is 0.355 e. The summed E-state index contributed by atoms with van der Waals surface area (Å²) < 4.78 is 5.73. The number of nitrogens with two attached hydrogens (primary N) is 1. The Hall–Kier alpha value is -4.68. The number of thioether (sulfide) groups is 1. The number of hydrogen-bond donors (Lipinski definition) is 4. The second-order valence-electron chi connectivity index (χ2n) is 8.71. The molecule has 0 spiro atoms. The molecule has 2 amide bonds. The number of rotatable bonds is 10. The van der Waals surface area contributed by atoms with Crippen LogP contribution in [0.4, 0.5) is 5.13 Å². The Balaban J connectivity index is 1.27. The zero-order chi connectivity index (χ0) is 30.0. The zero-order valence-electron chi connectivity index (χ0n) is 21.5. The monoisotopic (exact) mass is 629 g/mol. The Bertz CT molecular complexity index is 1660. The average Bonchev–Trinajstić information content (AvgIpc) is 3.63. The number of oxime groups is 1. The van der Waals surface area contributed by atoms with Gasteiger partial charge in [-0.2, -0.15) is 9.36 Å². The fourth-order valence-electron chi connectivity index (χ4n) is 4.16. The summed E-state index contributed by atoms with van der Waals surface area (Å²) in [6, 6.07) is 2.64. The van der Waals surface area contributed by atoms with Gasteiger partial charge in [0.15, 0.2) is 29.8 Å². The summed E-state index contributed by atoms with van der Waals surface area (Å²) in [4.78, 5) is 63.0. The molecule has 1 saturated heterocycles. The predicted molar refractivity (Wildman–Crippen MR) is 152 cm³/mol. The standard InChI is InChI=1S/C24H20N8O7S3/c1-39-29-15(18-28-24(25)42-30-18)19(33)27-16-20(34)32-17(23(37)38)12(9-41-21(16)32)8-31-6-4-11(5-7-31)2-3-14-26-13(10-40-14)22(35)36/h2-7,10,16,21H,8-9H2,1H3,(H4-,25,27,28,30,33,35,36,37,38)/p+1/b3-2+,29-15-/t16-,21-/m1/s1. The quantitative estimate of drug-likeness (QED) is 0.105. The van der Waals surface area contributed by atoms with E-state index in [0.717, 1.165) is 17.1 Å². The minimum Gasteiger partial charge on any atom is -0.477 e. The molecular weight excluding hydrogens is 609 g/mol. The van der Waals surface area contributed by atoms with Gasteiger partial charge in [0, 0.05) is 40.4 Å². The molecule has 2 aliphatic rings. The van der Waals surface area contributed by atoms with Crippen LogP contribution in [0.5, 0.6) is 0 Å². The smallest absolute Gasteiger partial charge is 0.355 e. The van der Waals surface area contributed by atoms with Crippen molar-refractivity contribution in [3.8, 4) is 0 Å². The highest BCUT2D eigenvalue weighted by molar-refractivity contribution is 8.00. The SMILES string of the molecule is CO/N=C(\C(=O)N[C@@H]1C(=O)N2C(C(=O)O)=C(C[n+]3ccc(/C=C/c4nc(C(=O)O)cs4)cc3)CS[C@H]12)c1nsc(N)n1. The Morgan fingerprint density at radius 3 is 2.62 bits per heavy atom. The molecule has 0 unspecified atom stereocenters. The fraction of sp³-hybridized carbons (Fsp3) is 0.208. The van der Waals surface area contributed by atoms with Gasteiger partial charge in [0.1, 0.15) is 29.2 Å². The number of hydrogen-bond acceptors (Lipinski definition) is 13. The first-order valence-corrected chi connectivity index (χ1v) is 14.6. The molecule has 42 heavy (non-hydrogen) atoms. The molecule has 1 fully saturated rings. The molecule has 0 radical (unpaired) electrons. The van der Waals surface area contributed by atoms with E-state index in [2.05, 4.69) is 24.8 Å². The van der Waals surface area contributed by atoms with Crippen LogP contribution in [0, 0.1) is 0 Å². The van der Waals surface area contributed by atoms with E-state index >= 15 is 0 Å². The molecule has 5 N–H and O–H groups in total. The van der Waals surface area contributed by atoms with Gasteiger partial charge in [-0.25, -0.2) is 19.1 Å². The summed E-state index contributed by atoms with van der Waals surface area (Å²) in [6.45, 7) is 0.224. The number of aliphatic carboxylic acids is 1. The number of carbonyl (C=O) groups excluding carboxylic acids is 2. The topological polar surface area (TPSA) is 214 Å². The number of aromatic nitrogens is 4. The summed E-state index contributed by atoms with van der Waals surface area (Å²) in [5.41, 5.74) is 6.55. The van der Waals surface area contributed by atoms with E-state index < -0.39 is 35.2 Å². The average molecular weight is 630 g/mol. The van der Waals surface area contributed by atoms with Crippen LogP contribution in [0.3, 0.4) is 0 Å². The van der Waals surface area contributed by atoms with Crippen molar-refractivity contribution in [2.45, 2.75) is 18.0 Å². The maximum atomic E-state index is 13.1. The number of nitrogens with zero attached hydrogens (tertiary/aromatic N) is 6. The second kappa shape index (κ2) is 12.0. The number of amides is 2. The summed E-state index contributed by atoms with van der Waals surface area (Å²) >= 11 is 3.41. The molecule has 18 heteroatoms. The third-order valence-corrected chi connectivity index (χ3v) is 8.73. The molecule has 216 valence electrons. The van der Waals surface area contributed by atoms with Crippen molar-refractivity contribution >= 4 is 81.4 Å². The van der Waals surface area contributed by atoms with E-state index in [-0.39, 0.29) is 34.6 Å². The lowest BCUT2D eigenvalue weighted by atomic mass is 10.0. The van der Waals surface area contributed by atoms with Gasteiger partial charge in [-0.15, -0.1) is 23.1 Å². The van der Waals surface area contributed by atoms with Crippen LogP contribution in [0.25, 0.3) is 12.2 Å². The van der Waals surface area contributed by atoms with Crippen molar-refractivity contribution in [2.24, 2.45) is 5.16 Å². The van der Waals surface area contributed by atoms with E-state index in [1.165, 1.54) is 40.5 Å². The van der Waals surface area contributed by atoms with E-state index in [1.54, 1.807) is 29.1 Å². The summed E-state index contributed by atoms with van der Waals surface area (Å²) in [6.07, 6.45) is 7.03. The second-order valence-corrected chi connectivity index (χ2v) is 11.5. The first-order valence-electron chi connectivity index (χ1n) is 11.9. The molecule has 5 heterocycles. The van der Waals surface area contributed by atoms with Gasteiger partial charge in [-0.05, 0) is 11.6 Å². The Morgan fingerprint density at radius 2 is 2.00 bits per heavy atom. The summed E-state index contributed by atoms with van der Waals surface area (Å²) in [5, 5.41) is 26.7. The number of nitrogen functional groups attached to an aromatic ring is 1. The largest absolute Gasteiger partial charge is 0.477 e. The fourth-order valence-corrected chi connectivity index (χ4v) is 6.61. The third-order valence-electron chi connectivity index (χ3n) is 6.04. The lowest BCUT2D eigenvalue weighted by Crippen LogP contribution is -2.71. The number of carboxylic acid groups (broad SMARTS) is 2. The van der Waals surface area contributed by atoms with E-state index in [0.29, 0.717) is 16.3 Å². The predicted octanol–water partition coefficient (Wildman–Crippen LogP) is 0.522. The van der Waals surface area contributed by atoms with Gasteiger partial charge in [0.2, 0.25) is 11.5 Å². The van der Waals surface area contributed by atoms with Crippen molar-refractivity contribution in [3.05, 3.63) is 63.3 Å². The molecule has 5 rings (SSSR count). The number of pyridine rings is 1. The van der Waals surface area contributed by atoms with Gasteiger partial charge in [-0.3, -0.25) is 14.5 Å². The van der Waals surface area contributed by atoms with Crippen molar-refractivity contribution < 1.29 is 38.8 Å². The van der Waals surface area contributed by atoms with Gasteiger partial charge in [0.05, 0.1) is 0 Å². The van der Waals surface area contributed by atoms with Gasteiger partial charge in [0.25, 0.3) is 11.8 Å². The number of carbonyl (C=O) groups is 4. The molecule has 0 aromatic carbocycles. The number of carboxylic acids is 2. The zero-order valence-corrected chi connectivity index (χ0v) is 24.0. The number of fused-ring (bicyclic) bond motifs is 1. The highest BCUT2D eigenvalue weighted by Gasteiger charge is 2.54. The molecule has 0 saturated carbocycles. The lowest BCUT2D eigenvalue weighted by Gasteiger charge is -2.49. The van der Waals surface area contributed by atoms with E-state index in [9.17, 15) is 24.3 Å². The lowest BCUT2D eigenvalue weighted by molar-refractivity contribution is -0.689. The van der Waals surface area contributed by atoms with Crippen LogP contribution in [0.15, 0.2) is 46.3 Å². The molecule has 0 aliphatic carbocycles. The molecule has 2 aliphatic heterocycles. The molecule has 3 aromatic rings. The van der Waals surface area contributed by atoms with Gasteiger partial charge in [-0.1, -0.05) is 11.2 Å². The van der Waals surface area contributed by atoms with Crippen molar-refractivity contribution in [3.63, 3.8) is 0 Å². The number of anilines is 1. The third kappa shape index (κ3) is 5.85. The summed E-state index contributed by atoms with van der Waals surface area (Å²) in [5.74, 6) is -3.41. The van der Waals surface area contributed by atoms with Crippen LogP contribution in [-0.4, -0.2) is 83.2 Å². The van der Waals surface area contributed by atoms with Crippen molar-refractivity contribution in [1.82, 2.24) is 24.6 Å². The molecular formula is C24H21N8O7S3+. The van der Waals surface area contributed by atoms with Crippen molar-refractivity contribution in [2.75, 3.05) is 18.6 Å². The number of nitrogens with one attached hydrogen (secondary N) is 1. The first-order chi connectivity index (χ1) is 20.2. The van der Waals surface area contributed by atoms with Crippen molar-refractivity contribution in [1.29, 1.82) is 0 Å². The molecule has 3 aromatic heterocycles. The minimum absolute atomic E-state index is 0.0155. The number of thiazole rings is 1. The maximum absolute atomic E-state index is 13.1. The van der Waals surface area contributed by atoms with Crippen LogP contribution >= 0.6 is 34.6 Å². The van der Waals surface area contributed by atoms with Crippen LogP contribution < -0.4 is 15.6 Å². The number of β-lactam (4-membered cyclic amide) rings is 1. The van der Waals surface area contributed by atoms with Gasteiger partial charge >= 0.3 is 11.9 Å². The normalized spacial score (nSPS) is 18.5. The van der Waals surface area contributed by atoms with E-state index in [4.69, 9.17) is 15.7 Å². The Kier molecular flexibility index (Phi) is 8.27. The Morgan fingerprint density at radius 1 is 1.24 bits per heavy atom. The molecule has 0 bridgehead atoms. The van der Waals surface area contributed by atoms with Crippen LogP contribution in [0.2, 0.25) is 0 Å². The molecule has 2 atom stereocenters. The van der Waals surface area contributed by atoms with Crippen LogP contribution in [-0.2, 0) is 25.8 Å². The summed E-state index contributed by atoms with van der Waals surface area (Å²) in [7, 11) is 1.24. The van der Waals surface area contributed by atoms with Gasteiger partial charge < -0.3 is 26.1 Å². The Labute approximate surface area is 249 Å². The number of aromatic carboxylic acids is 1.